The maximum atomic E-state index is 11.3. The van der Waals surface area contributed by atoms with Gasteiger partial charge in [0.05, 0.1) is 11.2 Å². The number of nitrogens with zero attached hydrogens (tertiary/aromatic N) is 2. The molecule has 13 heavy (non-hydrogen) atoms. The number of carbonyl (C=O) groups is 1. The molecule has 1 N–H and O–H groups in total. The maximum Gasteiger partial charge on any atom is 0.244 e. The molecule has 0 aliphatic heterocycles. The standard InChI is InChI=1S/C8H12ClN3O/c1-3-10-8(13)6(2)12-5-7(9)4-11-12/h4-6H,3H2,1-2H3,(H,10,13). The van der Waals surface area contributed by atoms with E-state index in [1.165, 1.54) is 10.9 Å². The summed E-state index contributed by atoms with van der Waals surface area (Å²) in [5.74, 6) is -0.0535. The number of hydrogen-bond acceptors (Lipinski definition) is 2. The Morgan fingerprint density at radius 2 is 2.54 bits per heavy atom. The minimum atomic E-state index is -0.313. The highest BCUT2D eigenvalue weighted by Crippen LogP contribution is 2.10. The van der Waals surface area contributed by atoms with Gasteiger partial charge >= 0.3 is 0 Å². The highest BCUT2D eigenvalue weighted by atomic mass is 35.5. The Balaban J connectivity index is 2.67. The van der Waals surface area contributed by atoms with Gasteiger partial charge in [-0.05, 0) is 13.8 Å². The number of amides is 1. The highest BCUT2D eigenvalue weighted by Gasteiger charge is 2.14. The second-order valence-electron chi connectivity index (χ2n) is 2.71. The van der Waals surface area contributed by atoms with Crippen LogP contribution in [0.4, 0.5) is 0 Å². The van der Waals surface area contributed by atoms with Crippen LogP contribution in [-0.4, -0.2) is 22.2 Å². The summed E-state index contributed by atoms with van der Waals surface area (Å²) in [5, 5.41) is 7.19. The van der Waals surface area contributed by atoms with Gasteiger partial charge in [-0.1, -0.05) is 11.6 Å². The largest absolute Gasteiger partial charge is 0.355 e. The number of rotatable bonds is 3. The van der Waals surface area contributed by atoms with Crippen LogP contribution in [0.3, 0.4) is 0 Å². The van der Waals surface area contributed by atoms with Crippen LogP contribution in [0.25, 0.3) is 0 Å². The van der Waals surface area contributed by atoms with E-state index in [-0.39, 0.29) is 11.9 Å². The van der Waals surface area contributed by atoms with Crippen molar-refractivity contribution in [2.24, 2.45) is 0 Å². The Kier molecular flexibility index (Phi) is 3.31. The summed E-state index contributed by atoms with van der Waals surface area (Å²) in [6.07, 6.45) is 3.14. The molecule has 1 amide bonds. The predicted molar refractivity (Wildman–Crippen MR) is 50.6 cm³/mol. The molecule has 0 saturated heterocycles. The van der Waals surface area contributed by atoms with Crippen molar-refractivity contribution in [2.45, 2.75) is 19.9 Å². The summed E-state index contributed by atoms with van der Waals surface area (Å²) in [6.45, 7) is 4.27. The van der Waals surface area contributed by atoms with E-state index in [0.717, 1.165) is 0 Å². The van der Waals surface area contributed by atoms with E-state index in [9.17, 15) is 4.79 Å². The van der Waals surface area contributed by atoms with Crippen LogP contribution in [-0.2, 0) is 4.79 Å². The van der Waals surface area contributed by atoms with Crippen LogP contribution in [0.1, 0.15) is 19.9 Å². The number of carbonyl (C=O) groups excluding carboxylic acids is 1. The van der Waals surface area contributed by atoms with E-state index in [1.807, 2.05) is 6.92 Å². The quantitative estimate of drug-likeness (QED) is 0.800. The molecule has 1 aromatic heterocycles. The topological polar surface area (TPSA) is 46.9 Å². The van der Waals surface area contributed by atoms with Gasteiger partial charge in [0.25, 0.3) is 0 Å². The van der Waals surface area contributed by atoms with Gasteiger partial charge in [0.1, 0.15) is 6.04 Å². The molecule has 0 saturated carbocycles. The zero-order valence-electron chi connectivity index (χ0n) is 7.62. The summed E-state index contributed by atoms with van der Waals surface area (Å²) < 4.78 is 1.54. The van der Waals surface area contributed by atoms with Crippen LogP contribution in [0.2, 0.25) is 5.02 Å². The first-order valence-corrected chi connectivity index (χ1v) is 4.50. The molecule has 1 aromatic rings. The van der Waals surface area contributed by atoms with Gasteiger partial charge in [0, 0.05) is 12.7 Å². The van der Waals surface area contributed by atoms with Crippen molar-refractivity contribution in [2.75, 3.05) is 6.54 Å². The van der Waals surface area contributed by atoms with Gasteiger partial charge in [-0.2, -0.15) is 5.10 Å². The Hall–Kier alpha value is -1.03. The van der Waals surface area contributed by atoms with E-state index in [1.54, 1.807) is 13.1 Å². The molecule has 1 atom stereocenters. The molecule has 0 aromatic carbocycles. The fourth-order valence-corrected chi connectivity index (χ4v) is 1.11. The number of hydrogen-bond donors (Lipinski definition) is 1. The molecular weight excluding hydrogens is 190 g/mol. The third-order valence-electron chi connectivity index (χ3n) is 1.70. The molecule has 0 aliphatic carbocycles. The van der Waals surface area contributed by atoms with Crippen molar-refractivity contribution >= 4 is 17.5 Å². The van der Waals surface area contributed by atoms with Crippen molar-refractivity contribution in [1.29, 1.82) is 0 Å². The number of likely N-dealkylation sites (N-methyl/N-ethyl adjacent to an activating group) is 1. The van der Waals surface area contributed by atoms with Gasteiger partial charge in [-0.3, -0.25) is 9.48 Å². The molecule has 1 rings (SSSR count). The van der Waals surface area contributed by atoms with Gasteiger partial charge in [-0.15, -0.1) is 0 Å². The molecule has 0 radical (unpaired) electrons. The molecular formula is C8H12ClN3O. The van der Waals surface area contributed by atoms with Gasteiger partial charge in [-0.25, -0.2) is 0 Å². The van der Waals surface area contributed by atoms with Crippen molar-refractivity contribution in [3.8, 4) is 0 Å². The lowest BCUT2D eigenvalue weighted by Crippen LogP contribution is -2.30. The first kappa shape index (κ1) is 10.1. The van der Waals surface area contributed by atoms with Gasteiger partial charge < -0.3 is 5.32 Å². The van der Waals surface area contributed by atoms with Crippen molar-refractivity contribution in [3.05, 3.63) is 17.4 Å². The SMILES string of the molecule is CCNC(=O)C(C)n1cc(Cl)cn1. The van der Waals surface area contributed by atoms with Crippen LogP contribution in [0.15, 0.2) is 12.4 Å². The Labute approximate surface area is 81.9 Å². The third-order valence-corrected chi connectivity index (χ3v) is 1.89. The smallest absolute Gasteiger partial charge is 0.244 e. The maximum absolute atomic E-state index is 11.3. The summed E-state index contributed by atoms with van der Waals surface area (Å²) in [5.41, 5.74) is 0. The molecule has 4 nitrogen and oxygen atoms in total. The normalized spacial score (nSPS) is 12.5. The van der Waals surface area contributed by atoms with E-state index in [2.05, 4.69) is 10.4 Å². The molecule has 0 fully saturated rings. The Morgan fingerprint density at radius 1 is 1.85 bits per heavy atom. The molecule has 1 heterocycles. The molecule has 0 bridgehead atoms. The van der Waals surface area contributed by atoms with Crippen LogP contribution < -0.4 is 5.32 Å². The van der Waals surface area contributed by atoms with Crippen LogP contribution in [0, 0.1) is 0 Å². The lowest BCUT2D eigenvalue weighted by Gasteiger charge is -2.10. The van der Waals surface area contributed by atoms with Gasteiger partial charge in [0.2, 0.25) is 5.91 Å². The van der Waals surface area contributed by atoms with Crippen LogP contribution in [0.5, 0.6) is 0 Å². The third kappa shape index (κ3) is 2.45. The summed E-state index contributed by atoms with van der Waals surface area (Å²) in [6, 6.07) is -0.313. The minimum absolute atomic E-state index is 0.0535. The molecule has 0 aliphatic rings. The summed E-state index contributed by atoms with van der Waals surface area (Å²) in [4.78, 5) is 11.3. The minimum Gasteiger partial charge on any atom is -0.355 e. The zero-order chi connectivity index (χ0) is 9.84. The lowest BCUT2D eigenvalue weighted by molar-refractivity contribution is -0.124. The van der Waals surface area contributed by atoms with E-state index >= 15 is 0 Å². The van der Waals surface area contributed by atoms with Gasteiger partial charge in [0.15, 0.2) is 0 Å². The number of halogens is 1. The monoisotopic (exact) mass is 201 g/mol. The second-order valence-corrected chi connectivity index (χ2v) is 3.15. The van der Waals surface area contributed by atoms with E-state index in [0.29, 0.717) is 11.6 Å². The fourth-order valence-electron chi connectivity index (χ4n) is 0.969. The lowest BCUT2D eigenvalue weighted by atomic mass is 10.3. The zero-order valence-corrected chi connectivity index (χ0v) is 8.38. The van der Waals surface area contributed by atoms with Crippen molar-refractivity contribution in [3.63, 3.8) is 0 Å². The average Bonchev–Trinajstić information content (AvgIpc) is 2.51. The fraction of sp³-hybridized carbons (Fsp3) is 0.500. The molecule has 5 heteroatoms. The van der Waals surface area contributed by atoms with Crippen molar-refractivity contribution in [1.82, 2.24) is 15.1 Å². The van der Waals surface area contributed by atoms with Crippen molar-refractivity contribution < 1.29 is 4.79 Å². The number of aromatic nitrogens is 2. The highest BCUT2D eigenvalue weighted by molar-refractivity contribution is 6.30. The molecule has 1 unspecified atom stereocenters. The summed E-state index contributed by atoms with van der Waals surface area (Å²) >= 11 is 5.67. The second kappa shape index (κ2) is 4.28. The molecule has 0 spiro atoms. The van der Waals surface area contributed by atoms with E-state index < -0.39 is 0 Å². The first-order valence-electron chi connectivity index (χ1n) is 4.12. The Morgan fingerprint density at radius 3 is 3.00 bits per heavy atom. The predicted octanol–water partition coefficient (Wildman–Crippen LogP) is 1.23. The summed E-state index contributed by atoms with van der Waals surface area (Å²) in [7, 11) is 0. The average molecular weight is 202 g/mol. The molecule has 72 valence electrons. The number of nitrogens with one attached hydrogen (secondary N) is 1. The first-order chi connectivity index (χ1) is 6.15. The van der Waals surface area contributed by atoms with Crippen LogP contribution >= 0.6 is 11.6 Å². The Bertz CT molecular complexity index is 297. The van der Waals surface area contributed by atoms with E-state index in [4.69, 9.17) is 11.6 Å².